The van der Waals surface area contributed by atoms with Crippen molar-refractivity contribution >= 4 is 5.97 Å². The molecule has 0 saturated carbocycles. The summed E-state index contributed by atoms with van der Waals surface area (Å²) in [6.07, 6.45) is 3.68. The number of aliphatic carboxylic acids is 1. The molecule has 0 fully saturated rings. The van der Waals surface area contributed by atoms with E-state index in [9.17, 15) is 4.79 Å². The van der Waals surface area contributed by atoms with Crippen LogP contribution in [0.15, 0.2) is 30.7 Å². The maximum Gasteiger partial charge on any atom is 0.305 e. The highest BCUT2D eigenvalue weighted by Crippen LogP contribution is 2.22. The number of rotatable bonds is 4. The van der Waals surface area contributed by atoms with Gasteiger partial charge in [-0.1, -0.05) is 23.8 Å². The van der Waals surface area contributed by atoms with Crippen molar-refractivity contribution in [3.05, 3.63) is 41.9 Å². The number of carboxylic acids is 1. The molecule has 0 spiro atoms. The van der Waals surface area contributed by atoms with Gasteiger partial charge in [0.1, 0.15) is 0 Å². The largest absolute Gasteiger partial charge is 0.481 e. The van der Waals surface area contributed by atoms with Crippen LogP contribution in [-0.4, -0.2) is 20.6 Å². The van der Waals surface area contributed by atoms with E-state index in [0.29, 0.717) is 6.54 Å². The van der Waals surface area contributed by atoms with Crippen molar-refractivity contribution in [3.8, 4) is 11.3 Å². The van der Waals surface area contributed by atoms with Gasteiger partial charge in [-0.25, -0.2) is 4.98 Å². The Morgan fingerprint density at radius 2 is 2.17 bits per heavy atom. The van der Waals surface area contributed by atoms with Gasteiger partial charge in [0.15, 0.2) is 0 Å². The minimum Gasteiger partial charge on any atom is -0.481 e. The van der Waals surface area contributed by atoms with Gasteiger partial charge in [-0.2, -0.15) is 0 Å². The Kier molecular flexibility index (Phi) is 3.46. The lowest BCUT2D eigenvalue weighted by Crippen LogP contribution is -2.02. The molecule has 4 nitrogen and oxygen atoms in total. The van der Waals surface area contributed by atoms with Gasteiger partial charge in [0.05, 0.1) is 18.4 Å². The van der Waals surface area contributed by atoms with E-state index in [1.165, 1.54) is 11.1 Å². The first-order valence-corrected chi connectivity index (χ1v) is 5.87. The summed E-state index contributed by atoms with van der Waals surface area (Å²) in [4.78, 5) is 14.8. The summed E-state index contributed by atoms with van der Waals surface area (Å²) in [7, 11) is 0. The van der Waals surface area contributed by atoms with Crippen molar-refractivity contribution in [1.29, 1.82) is 0 Å². The molecular weight excluding hydrogens is 228 g/mol. The second-order valence-electron chi connectivity index (χ2n) is 4.46. The predicted molar refractivity (Wildman–Crippen MR) is 69.4 cm³/mol. The van der Waals surface area contributed by atoms with Gasteiger partial charge in [0, 0.05) is 18.3 Å². The zero-order valence-corrected chi connectivity index (χ0v) is 10.6. The van der Waals surface area contributed by atoms with Crippen molar-refractivity contribution in [3.63, 3.8) is 0 Å². The van der Waals surface area contributed by atoms with E-state index in [4.69, 9.17) is 5.11 Å². The van der Waals surface area contributed by atoms with Gasteiger partial charge in [-0.3, -0.25) is 4.79 Å². The van der Waals surface area contributed by atoms with Gasteiger partial charge < -0.3 is 9.67 Å². The van der Waals surface area contributed by atoms with Crippen molar-refractivity contribution < 1.29 is 9.90 Å². The number of benzene rings is 1. The molecule has 0 aliphatic heterocycles. The molecule has 1 aromatic carbocycles. The molecule has 2 rings (SSSR count). The molecule has 2 aromatic rings. The van der Waals surface area contributed by atoms with Crippen molar-refractivity contribution in [1.82, 2.24) is 9.55 Å². The average Bonchev–Trinajstić information content (AvgIpc) is 2.75. The van der Waals surface area contributed by atoms with Crippen LogP contribution in [0.25, 0.3) is 11.3 Å². The molecule has 1 aromatic heterocycles. The Balaban J connectivity index is 2.21. The van der Waals surface area contributed by atoms with Crippen LogP contribution in [0, 0.1) is 13.8 Å². The second-order valence-corrected chi connectivity index (χ2v) is 4.46. The van der Waals surface area contributed by atoms with Crippen LogP contribution >= 0.6 is 0 Å². The third-order valence-electron chi connectivity index (χ3n) is 2.87. The van der Waals surface area contributed by atoms with E-state index in [0.717, 1.165) is 11.3 Å². The molecule has 0 aliphatic carbocycles. The predicted octanol–water partition coefficient (Wildman–Crippen LogP) is 2.64. The van der Waals surface area contributed by atoms with Crippen LogP contribution in [0.2, 0.25) is 0 Å². The van der Waals surface area contributed by atoms with Crippen molar-refractivity contribution in [2.75, 3.05) is 0 Å². The molecule has 1 heterocycles. The third-order valence-corrected chi connectivity index (χ3v) is 2.87. The lowest BCUT2D eigenvalue weighted by molar-refractivity contribution is -0.137. The fourth-order valence-corrected chi connectivity index (χ4v) is 1.95. The lowest BCUT2D eigenvalue weighted by Gasteiger charge is -2.03. The quantitative estimate of drug-likeness (QED) is 0.899. The minimum atomic E-state index is -0.795. The van der Waals surface area contributed by atoms with Gasteiger partial charge in [0.2, 0.25) is 0 Å². The number of hydrogen-bond acceptors (Lipinski definition) is 2. The Morgan fingerprint density at radius 1 is 1.39 bits per heavy atom. The first-order valence-electron chi connectivity index (χ1n) is 5.87. The van der Waals surface area contributed by atoms with E-state index in [-0.39, 0.29) is 6.42 Å². The number of nitrogens with zero attached hydrogens (tertiary/aromatic N) is 2. The van der Waals surface area contributed by atoms with E-state index in [1.54, 1.807) is 6.33 Å². The molecule has 0 radical (unpaired) electrons. The normalized spacial score (nSPS) is 10.6. The molecule has 0 amide bonds. The monoisotopic (exact) mass is 244 g/mol. The van der Waals surface area contributed by atoms with Gasteiger partial charge in [-0.15, -0.1) is 0 Å². The molecule has 4 heteroatoms. The Labute approximate surface area is 106 Å². The fourth-order valence-electron chi connectivity index (χ4n) is 1.95. The molecule has 1 N–H and O–H groups in total. The number of hydrogen-bond donors (Lipinski definition) is 1. The molecule has 94 valence electrons. The first-order chi connectivity index (χ1) is 8.56. The molecule has 18 heavy (non-hydrogen) atoms. The summed E-state index contributed by atoms with van der Waals surface area (Å²) in [5.74, 6) is -0.795. The van der Waals surface area contributed by atoms with Crippen LogP contribution < -0.4 is 0 Å². The standard InChI is InChI=1S/C14H16N2O2/c1-10-3-4-12(11(2)7-10)13-8-16(9-15-13)6-5-14(17)18/h3-4,7-9H,5-6H2,1-2H3,(H,17,18). The highest BCUT2D eigenvalue weighted by molar-refractivity contribution is 5.66. The Morgan fingerprint density at radius 3 is 2.83 bits per heavy atom. The van der Waals surface area contributed by atoms with Gasteiger partial charge >= 0.3 is 5.97 Å². The Hall–Kier alpha value is -2.10. The van der Waals surface area contributed by atoms with Gasteiger partial charge in [0.25, 0.3) is 0 Å². The van der Waals surface area contributed by atoms with E-state index in [1.807, 2.05) is 10.8 Å². The number of carboxylic acid groups (broad SMARTS) is 1. The SMILES string of the molecule is Cc1ccc(-c2cn(CCC(=O)O)cn2)c(C)c1. The maximum atomic E-state index is 10.5. The lowest BCUT2D eigenvalue weighted by atomic mass is 10.0. The highest BCUT2D eigenvalue weighted by Gasteiger charge is 2.06. The molecule has 0 atom stereocenters. The van der Waals surface area contributed by atoms with Gasteiger partial charge in [-0.05, 0) is 19.4 Å². The topological polar surface area (TPSA) is 55.1 Å². The molecular formula is C14H16N2O2. The third kappa shape index (κ3) is 2.77. The number of aromatic nitrogens is 2. The molecule has 0 unspecified atom stereocenters. The Bertz CT molecular complexity index is 573. The van der Waals surface area contributed by atoms with Crippen molar-refractivity contribution in [2.24, 2.45) is 0 Å². The fraction of sp³-hybridized carbons (Fsp3) is 0.286. The molecule has 0 saturated heterocycles. The second kappa shape index (κ2) is 5.04. The number of carbonyl (C=O) groups is 1. The van der Waals surface area contributed by atoms with Crippen LogP contribution in [0.5, 0.6) is 0 Å². The molecule has 0 bridgehead atoms. The van der Waals surface area contributed by atoms with E-state index >= 15 is 0 Å². The average molecular weight is 244 g/mol. The van der Waals surface area contributed by atoms with Crippen LogP contribution in [0.1, 0.15) is 17.5 Å². The maximum absolute atomic E-state index is 10.5. The van der Waals surface area contributed by atoms with Crippen LogP contribution in [0.4, 0.5) is 0 Å². The summed E-state index contributed by atoms with van der Waals surface area (Å²) in [6, 6.07) is 6.22. The zero-order valence-electron chi connectivity index (χ0n) is 10.6. The number of aryl methyl sites for hydroxylation is 3. The summed E-state index contributed by atoms with van der Waals surface area (Å²) < 4.78 is 1.81. The number of imidazole rings is 1. The van der Waals surface area contributed by atoms with Crippen LogP contribution in [0.3, 0.4) is 0 Å². The summed E-state index contributed by atoms with van der Waals surface area (Å²) >= 11 is 0. The van der Waals surface area contributed by atoms with E-state index in [2.05, 4.69) is 37.0 Å². The summed E-state index contributed by atoms with van der Waals surface area (Å²) in [5.41, 5.74) is 4.38. The first kappa shape index (κ1) is 12.4. The zero-order chi connectivity index (χ0) is 13.1. The van der Waals surface area contributed by atoms with Crippen LogP contribution in [-0.2, 0) is 11.3 Å². The highest BCUT2D eigenvalue weighted by atomic mass is 16.4. The summed E-state index contributed by atoms with van der Waals surface area (Å²) in [5, 5.41) is 8.64. The van der Waals surface area contributed by atoms with Crippen molar-refractivity contribution in [2.45, 2.75) is 26.8 Å². The summed E-state index contributed by atoms with van der Waals surface area (Å²) in [6.45, 7) is 4.56. The minimum absolute atomic E-state index is 0.114. The smallest absolute Gasteiger partial charge is 0.305 e. The molecule has 0 aliphatic rings. The van der Waals surface area contributed by atoms with E-state index < -0.39 is 5.97 Å².